The van der Waals surface area contributed by atoms with E-state index in [1.54, 1.807) is 0 Å². The highest BCUT2D eigenvalue weighted by Crippen LogP contribution is 2.47. The first-order valence-electron chi connectivity index (χ1n) is 6.21. The lowest BCUT2D eigenvalue weighted by Crippen LogP contribution is -2.40. The normalized spacial score (nSPS) is 22.2. The van der Waals surface area contributed by atoms with Crippen molar-refractivity contribution in [2.45, 2.75) is 43.7 Å². The molecule has 0 aromatic heterocycles. The summed E-state index contributed by atoms with van der Waals surface area (Å²) in [6.07, 6.45) is 1.16. The third kappa shape index (κ3) is 2.64. The van der Waals surface area contributed by atoms with Crippen LogP contribution in [0.15, 0.2) is 18.2 Å². The first-order valence-corrected chi connectivity index (χ1v) is 7.57. The Morgan fingerprint density at radius 2 is 2.24 bits per heavy atom. The van der Waals surface area contributed by atoms with Gasteiger partial charge in [0.05, 0.1) is 0 Å². The topological polar surface area (TPSA) is 12.0 Å². The lowest BCUT2D eigenvalue weighted by molar-refractivity contribution is 0.439. The van der Waals surface area contributed by atoms with Gasteiger partial charge in [-0.05, 0) is 44.0 Å². The van der Waals surface area contributed by atoms with Gasteiger partial charge in [0.15, 0.2) is 0 Å². The van der Waals surface area contributed by atoms with Gasteiger partial charge < -0.3 is 5.32 Å². The van der Waals surface area contributed by atoms with Crippen LogP contribution in [0.1, 0.15) is 44.4 Å². The van der Waals surface area contributed by atoms with E-state index in [1.165, 1.54) is 11.1 Å². The number of hydrogen-bond acceptors (Lipinski definition) is 2. The molecule has 0 radical (unpaired) electrons. The van der Waals surface area contributed by atoms with Crippen molar-refractivity contribution in [3.8, 4) is 0 Å². The Labute approximate surface area is 113 Å². The molecule has 94 valence electrons. The quantitative estimate of drug-likeness (QED) is 0.873. The van der Waals surface area contributed by atoms with Crippen LogP contribution < -0.4 is 5.32 Å². The zero-order valence-corrected chi connectivity index (χ0v) is 12.3. The minimum Gasteiger partial charge on any atom is -0.309 e. The van der Waals surface area contributed by atoms with E-state index in [1.807, 2.05) is 17.8 Å². The largest absolute Gasteiger partial charge is 0.309 e. The number of rotatable bonds is 3. The van der Waals surface area contributed by atoms with E-state index in [0.717, 1.165) is 23.7 Å². The van der Waals surface area contributed by atoms with Gasteiger partial charge in [-0.25, -0.2) is 0 Å². The molecule has 1 unspecified atom stereocenters. The number of fused-ring (bicyclic) bond motifs is 1. The molecule has 0 amide bonds. The van der Waals surface area contributed by atoms with Crippen molar-refractivity contribution >= 4 is 23.4 Å². The van der Waals surface area contributed by atoms with Crippen LogP contribution in [-0.4, -0.2) is 11.3 Å². The second-order valence-electron chi connectivity index (χ2n) is 5.09. The van der Waals surface area contributed by atoms with Crippen molar-refractivity contribution in [2.75, 3.05) is 6.54 Å². The zero-order valence-electron chi connectivity index (χ0n) is 10.7. The fourth-order valence-corrected chi connectivity index (χ4v) is 3.90. The SMILES string of the molecule is CCCNC1c2cccc(Cl)c2CSC1(C)C. The molecular formula is C14H20ClNS. The van der Waals surface area contributed by atoms with Crippen LogP contribution in [0.25, 0.3) is 0 Å². The molecule has 1 heterocycles. The van der Waals surface area contributed by atoms with Crippen LogP contribution in [0.3, 0.4) is 0 Å². The molecule has 1 aromatic rings. The number of halogens is 1. The van der Waals surface area contributed by atoms with Gasteiger partial charge >= 0.3 is 0 Å². The standard InChI is InChI=1S/C14H20ClNS/c1-4-8-16-13-10-6-5-7-12(15)11(10)9-17-14(13,2)3/h5-7,13,16H,4,8-9H2,1-3H3. The van der Waals surface area contributed by atoms with Crippen LogP contribution in [-0.2, 0) is 5.75 Å². The van der Waals surface area contributed by atoms with Gasteiger partial charge in [-0.2, -0.15) is 0 Å². The Bertz CT molecular complexity index is 403. The van der Waals surface area contributed by atoms with E-state index >= 15 is 0 Å². The molecule has 0 fully saturated rings. The molecule has 0 saturated carbocycles. The molecule has 0 saturated heterocycles. The summed E-state index contributed by atoms with van der Waals surface area (Å²) in [4.78, 5) is 0. The van der Waals surface area contributed by atoms with Gasteiger partial charge in [0.25, 0.3) is 0 Å². The summed E-state index contributed by atoms with van der Waals surface area (Å²) in [7, 11) is 0. The second kappa shape index (κ2) is 5.21. The third-order valence-electron chi connectivity index (χ3n) is 3.35. The lowest BCUT2D eigenvalue weighted by Gasteiger charge is -2.40. The van der Waals surface area contributed by atoms with Gasteiger partial charge in [-0.15, -0.1) is 11.8 Å². The Balaban J connectivity index is 2.37. The Morgan fingerprint density at radius 1 is 1.47 bits per heavy atom. The Morgan fingerprint density at radius 3 is 2.94 bits per heavy atom. The van der Waals surface area contributed by atoms with Crippen LogP contribution in [0.4, 0.5) is 0 Å². The predicted molar refractivity (Wildman–Crippen MR) is 77.9 cm³/mol. The van der Waals surface area contributed by atoms with Gasteiger partial charge in [0.1, 0.15) is 0 Å². The molecule has 1 N–H and O–H groups in total. The summed E-state index contributed by atoms with van der Waals surface area (Å²) in [5, 5.41) is 4.58. The molecule has 0 spiro atoms. The predicted octanol–water partition coefficient (Wildman–Crippen LogP) is 4.41. The molecular weight excluding hydrogens is 250 g/mol. The molecule has 3 heteroatoms. The second-order valence-corrected chi connectivity index (χ2v) is 7.12. The highest BCUT2D eigenvalue weighted by molar-refractivity contribution is 8.00. The molecule has 0 aliphatic carbocycles. The molecule has 2 rings (SSSR count). The Kier molecular flexibility index (Phi) is 4.06. The highest BCUT2D eigenvalue weighted by atomic mass is 35.5. The summed E-state index contributed by atoms with van der Waals surface area (Å²) < 4.78 is 0.229. The molecule has 17 heavy (non-hydrogen) atoms. The van der Waals surface area contributed by atoms with Crippen molar-refractivity contribution in [3.63, 3.8) is 0 Å². The molecule has 1 nitrogen and oxygen atoms in total. The molecule has 1 atom stereocenters. The monoisotopic (exact) mass is 269 g/mol. The average molecular weight is 270 g/mol. The zero-order chi connectivity index (χ0) is 12.5. The smallest absolute Gasteiger partial charge is 0.0467 e. The van der Waals surface area contributed by atoms with Crippen molar-refractivity contribution < 1.29 is 0 Å². The van der Waals surface area contributed by atoms with Crippen molar-refractivity contribution in [2.24, 2.45) is 0 Å². The lowest BCUT2D eigenvalue weighted by atomic mass is 9.91. The van der Waals surface area contributed by atoms with Gasteiger partial charge in [-0.3, -0.25) is 0 Å². The van der Waals surface area contributed by atoms with Gasteiger partial charge in [-0.1, -0.05) is 30.7 Å². The third-order valence-corrected chi connectivity index (χ3v) is 5.12. The minimum atomic E-state index is 0.229. The first kappa shape index (κ1) is 13.3. The fraction of sp³-hybridized carbons (Fsp3) is 0.571. The maximum Gasteiger partial charge on any atom is 0.0467 e. The number of thioether (sulfide) groups is 1. The minimum absolute atomic E-state index is 0.229. The Hall–Kier alpha value is -0.180. The van der Waals surface area contributed by atoms with Crippen molar-refractivity contribution in [3.05, 3.63) is 34.3 Å². The summed E-state index contributed by atoms with van der Waals surface area (Å²) in [5.74, 6) is 1.02. The highest BCUT2D eigenvalue weighted by Gasteiger charge is 2.36. The maximum absolute atomic E-state index is 6.29. The molecule has 1 aromatic carbocycles. The van der Waals surface area contributed by atoms with E-state index in [4.69, 9.17) is 11.6 Å². The number of benzene rings is 1. The van der Waals surface area contributed by atoms with E-state index < -0.39 is 0 Å². The van der Waals surface area contributed by atoms with Gasteiger partial charge in [0.2, 0.25) is 0 Å². The van der Waals surface area contributed by atoms with Crippen LogP contribution in [0.5, 0.6) is 0 Å². The summed E-state index contributed by atoms with van der Waals surface area (Å²) in [6, 6.07) is 6.68. The van der Waals surface area contributed by atoms with E-state index in [-0.39, 0.29) is 4.75 Å². The fourth-order valence-electron chi connectivity index (χ4n) is 2.36. The molecule has 1 aliphatic heterocycles. The van der Waals surface area contributed by atoms with E-state index in [0.29, 0.717) is 6.04 Å². The summed E-state index contributed by atoms with van der Waals surface area (Å²) in [6.45, 7) is 7.89. The van der Waals surface area contributed by atoms with Crippen molar-refractivity contribution in [1.29, 1.82) is 0 Å². The first-order chi connectivity index (χ1) is 8.06. The molecule has 0 bridgehead atoms. The summed E-state index contributed by atoms with van der Waals surface area (Å²) in [5.41, 5.74) is 2.70. The number of nitrogens with one attached hydrogen (secondary N) is 1. The van der Waals surface area contributed by atoms with Crippen LogP contribution in [0, 0.1) is 0 Å². The van der Waals surface area contributed by atoms with Crippen molar-refractivity contribution in [1.82, 2.24) is 5.32 Å². The maximum atomic E-state index is 6.29. The van der Waals surface area contributed by atoms with Crippen LogP contribution in [0.2, 0.25) is 5.02 Å². The summed E-state index contributed by atoms with van der Waals surface area (Å²) >= 11 is 8.28. The number of hydrogen-bond donors (Lipinski definition) is 1. The average Bonchev–Trinajstić information content (AvgIpc) is 2.27. The van der Waals surface area contributed by atoms with E-state index in [9.17, 15) is 0 Å². The van der Waals surface area contributed by atoms with Gasteiger partial charge in [0, 0.05) is 21.6 Å². The molecule has 1 aliphatic rings. The van der Waals surface area contributed by atoms with Crippen LogP contribution >= 0.6 is 23.4 Å². The van der Waals surface area contributed by atoms with E-state index in [2.05, 4.69) is 38.2 Å².